The van der Waals surface area contributed by atoms with Gasteiger partial charge in [-0.15, -0.1) is 0 Å². The summed E-state index contributed by atoms with van der Waals surface area (Å²) in [7, 11) is 2.10. The summed E-state index contributed by atoms with van der Waals surface area (Å²) in [5.41, 5.74) is 1.37. The van der Waals surface area contributed by atoms with Crippen LogP contribution in [0.3, 0.4) is 0 Å². The standard InChI is InChI=1S/C18H28N4O2/c1-4-14(2)19-18(24)20-16-7-5-15(6-8-16)17(23)13-22-11-9-21(3)10-12-22/h5-8,14H,4,9-13H2,1-3H3,(H2,19,20,24). The van der Waals surface area contributed by atoms with Crippen LogP contribution in [0.2, 0.25) is 0 Å². The number of carbonyl (C=O) groups excluding carboxylic acids is 2. The summed E-state index contributed by atoms with van der Waals surface area (Å²) >= 11 is 0. The van der Waals surface area contributed by atoms with Crippen LogP contribution in [0.4, 0.5) is 10.5 Å². The molecule has 0 radical (unpaired) electrons. The first-order chi connectivity index (χ1) is 11.5. The van der Waals surface area contributed by atoms with E-state index in [1.54, 1.807) is 24.3 Å². The second-order valence-electron chi connectivity index (χ2n) is 6.49. The van der Waals surface area contributed by atoms with Crippen LogP contribution in [-0.4, -0.2) is 67.4 Å². The van der Waals surface area contributed by atoms with Crippen molar-refractivity contribution in [2.24, 2.45) is 0 Å². The number of nitrogens with one attached hydrogen (secondary N) is 2. The van der Waals surface area contributed by atoms with E-state index >= 15 is 0 Å². The number of carbonyl (C=O) groups is 2. The molecular formula is C18H28N4O2. The molecule has 1 aromatic carbocycles. The Hall–Kier alpha value is -1.92. The van der Waals surface area contributed by atoms with Crippen LogP contribution in [0.25, 0.3) is 0 Å². The zero-order chi connectivity index (χ0) is 17.5. The topological polar surface area (TPSA) is 64.7 Å². The average Bonchev–Trinajstić information content (AvgIpc) is 2.57. The molecule has 0 spiro atoms. The normalized spacial score (nSPS) is 17.3. The van der Waals surface area contributed by atoms with Gasteiger partial charge in [0.1, 0.15) is 0 Å². The van der Waals surface area contributed by atoms with Crippen molar-refractivity contribution >= 4 is 17.5 Å². The molecule has 0 saturated carbocycles. The van der Waals surface area contributed by atoms with Crippen LogP contribution < -0.4 is 10.6 Å². The largest absolute Gasteiger partial charge is 0.335 e. The predicted molar refractivity (Wildman–Crippen MR) is 96.6 cm³/mol. The molecule has 6 heteroatoms. The number of hydrogen-bond donors (Lipinski definition) is 2. The van der Waals surface area contributed by atoms with Gasteiger partial charge >= 0.3 is 6.03 Å². The number of piperazine rings is 1. The van der Waals surface area contributed by atoms with Gasteiger partial charge in [-0.3, -0.25) is 9.69 Å². The molecule has 1 unspecified atom stereocenters. The number of ketones is 1. The van der Waals surface area contributed by atoms with Gasteiger partial charge in [-0.25, -0.2) is 4.79 Å². The molecule has 1 heterocycles. The monoisotopic (exact) mass is 332 g/mol. The van der Waals surface area contributed by atoms with Gasteiger partial charge in [0.2, 0.25) is 0 Å². The highest BCUT2D eigenvalue weighted by molar-refractivity contribution is 5.98. The summed E-state index contributed by atoms with van der Waals surface area (Å²) in [6, 6.07) is 7.00. The summed E-state index contributed by atoms with van der Waals surface area (Å²) in [4.78, 5) is 28.6. The lowest BCUT2D eigenvalue weighted by molar-refractivity contribution is 0.0876. The smallest absolute Gasteiger partial charge is 0.319 e. The van der Waals surface area contributed by atoms with E-state index in [-0.39, 0.29) is 17.9 Å². The van der Waals surface area contributed by atoms with Crippen molar-refractivity contribution in [3.05, 3.63) is 29.8 Å². The summed E-state index contributed by atoms with van der Waals surface area (Å²) in [6.45, 7) is 8.29. The van der Waals surface area contributed by atoms with Crippen molar-refractivity contribution in [1.29, 1.82) is 0 Å². The van der Waals surface area contributed by atoms with E-state index < -0.39 is 0 Å². The molecule has 1 aliphatic rings. The minimum absolute atomic E-state index is 0.121. The fraction of sp³-hybridized carbons (Fsp3) is 0.556. The fourth-order valence-corrected chi connectivity index (χ4v) is 2.53. The number of nitrogens with zero attached hydrogens (tertiary/aromatic N) is 2. The molecule has 1 aliphatic heterocycles. The van der Waals surface area contributed by atoms with Gasteiger partial charge in [0.15, 0.2) is 5.78 Å². The summed E-state index contributed by atoms with van der Waals surface area (Å²) in [5, 5.41) is 5.63. The third-order valence-electron chi connectivity index (χ3n) is 4.42. The van der Waals surface area contributed by atoms with Crippen LogP contribution in [0.1, 0.15) is 30.6 Å². The number of amides is 2. The van der Waals surface area contributed by atoms with Crippen molar-refractivity contribution in [2.45, 2.75) is 26.3 Å². The van der Waals surface area contributed by atoms with E-state index in [1.165, 1.54) is 0 Å². The van der Waals surface area contributed by atoms with E-state index in [0.717, 1.165) is 32.6 Å². The van der Waals surface area contributed by atoms with Gasteiger partial charge in [0.05, 0.1) is 6.54 Å². The number of urea groups is 1. The summed E-state index contributed by atoms with van der Waals surface area (Å²) in [6.07, 6.45) is 0.882. The fourth-order valence-electron chi connectivity index (χ4n) is 2.53. The zero-order valence-electron chi connectivity index (χ0n) is 14.8. The number of Topliss-reactive ketones (excluding diaryl/α,β-unsaturated/α-hetero) is 1. The minimum Gasteiger partial charge on any atom is -0.335 e. The molecule has 1 aromatic rings. The molecule has 132 valence electrons. The van der Waals surface area contributed by atoms with Crippen molar-refractivity contribution in [2.75, 3.05) is 45.1 Å². The van der Waals surface area contributed by atoms with Crippen molar-refractivity contribution in [3.63, 3.8) is 0 Å². The molecular weight excluding hydrogens is 304 g/mol. The molecule has 0 aromatic heterocycles. The van der Waals surface area contributed by atoms with Crippen LogP contribution in [-0.2, 0) is 0 Å². The highest BCUT2D eigenvalue weighted by Crippen LogP contribution is 2.11. The second-order valence-corrected chi connectivity index (χ2v) is 6.49. The zero-order valence-corrected chi connectivity index (χ0v) is 14.8. The Balaban J connectivity index is 1.84. The van der Waals surface area contributed by atoms with E-state index in [2.05, 4.69) is 27.5 Å². The van der Waals surface area contributed by atoms with Crippen LogP contribution >= 0.6 is 0 Å². The molecule has 6 nitrogen and oxygen atoms in total. The van der Waals surface area contributed by atoms with Crippen LogP contribution in [0, 0.1) is 0 Å². The summed E-state index contributed by atoms with van der Waals surface area (Å²) < 4.78 is 0. The van der Waals surface area contributed by atoms with Crippen LogP contribution in [0.15, 0.2) is 24.3 Å². The molecule has 0 bridgehead atoms. The first-order valence-corrected chi connectivity index (χ1v) is 8.59. The van der Waals surface area contributed by atoms with E-state index in [1.807, 2.05) is 13.8 Å². The van der Waals surface area contributed by atoms with E-state index in [9.17, 15) is 9.59 Å². The molecule has 1 atom stereocenters. The van der Waals surface area contributed by atoms with Crippen molar-refractivity contribution in [3.8, 4) is 0 Å². The molecule has 2 rings (SSSR count). The van der Waals surface area contributed by atoms with Gasteiger partial charge in [-0.05, 0) is 44.7 Å². The number of hydrogen-bond acceptors (Lipinski definition) is 4. The summed E-state index contributed by atoms with van der Waals surface area (Å²) in [5.74, 6) is 0.121. The first-order valence-electron chi connectivity index (χ1n) is 8.59. The lowest BCUT2D eigenvalue weighted by Crippen LogP contribution is -2.46. The quantitative estimate of drug-likeness (QED) is 0.783. The number of benzene rings is 1. The minimum atomic E-state index is -0.221. The highest BCUT2D eigenvalue weighted by atomic mass is 16.2. The number of rotatable bonds is 6. The van der Waals surface area contributed by atoms with Crippen molar-refractivity contribution < 1.29 is 9.59 Å². The maximum atomic E-state index is 12.4. The Morgan fingerprint density at radius 3 is 2.33 bits per heavy atom. The molecule has 0 aliphatic carbocycles. The van der Waals surface area contributed by atoms with Gasteiger partial charge in [-0.1, -0.05) is 6.92 Å². The molecule has 2 N–H and O–H groups in total. The Morgan fingerprint density at radius 1 is 1.12 bits per heavy atom. The first kappa shape index (κ1) is 18.4. The Bertz CT molecular complexity index is 551. The predicted octanol–water partition coefficient (Wildman–Crippen LogP) is 2.04. The molecule has 24 heavy (non-hydrogen) atoms. The Kier molecular flexibility index (Phi) is 6.75. The lowest BCUT2D eigenvalue weighted by Gasteiger charge is -2.31. The maximum Gasteiger partial charge on any atom is 0.319 e. The SMILES string of the molecule is CCC(C)NC(=O)Nc1ccc(C(=O)CN2CCN(C)CC2)cc1. The molecule has 2 amide bonds. The van der Waals surface area contributed by atoms with E-state index in [4.69, 9.17) is 0 Å². The van der Waals surface area contributed by atoms with Crippen LogP contribution in [0.5, 0.6) is 0 Å². The maximum absolute atomic E-state index is 12.4. The lowest BCUT2D eigenvalue weighted by atomic mass is 10.1. The number of likely N-dealkylation sites (N-methyl/N-ethyl adjacent to an activating group) is 1. The van der Waals surface area contributed by atoms with E-state index in [0.29, 0.717) is 17.8 Å². The Labute approximate surface area is 144 Å². The second kappa shape index (κ2) is 8.80. The third kappa shape index (κ3) is 5.62. The van der Waals surface area contributed by atoms with Gasteiger partial charge in [0, 0.05) is 43.5 Å². The molecule has 1 saturated heterocycles. The molecule has 1 fully saturated rings. The van der Waals surface area contributed by atoms with Gasteiger partial charge < -0.3 is 15.5 Å². The Morgan fingerprint density at radius 2 is 1.75 bits per heavy atom. The van der Waals surface area contributed by atoms with Crippen molar-refractivity contribution in [1.82, 2.24) is 15.1 Å². The van der Waals surface area contributed by atoms with Gasteiger partial charge in [0.25, 0.3) is 0 Å². The number of anilines is 1. The van der Waals surface area contributed by atoms with Gasteiger partial charge in [-0.2, -0.15) is 0 Å². The third-order valence-corrected chi connectivity index (χ3v) is 4.42. The highest BCUT2D eigenvalue weighted by Gasteiger charge is 2.17. The average molecular weight is 332 g/mol.